The second-order valence-corrected chi connectivity index (χ2v) is 6.18. The van der Waals surface area contributed by atoms with Gasteiger partial charge in [-0.3, -0.25) is 4.90 Å². The van der Waals surface area contributed by atoms with Crippen molar-refractivity contribution in [1.29, 1.82) is 0 Å². The molecule has 1 aromatic carbocycles. The van der Waals surface area contributed by atoms with E-state index in [1.807, 2.05) is 18.8 Å². The lowest BCUT2D eigenvalue weighted by atomic mass is 10.2. The molecule has 1 unspecified atom stereocenters. The Balaban J connectivity index is 1.69. The molecule has 1 N–H and O–H groups in total. The highest BCUT2D eigenvalue weighted by Gasteiger charge is 2.19. The number of benzene rings is 1. The third-order valence-corrected chi connectivity index (χ3v) is 4.34. The first kappa shape index (κ1) is 14.9. The monoisotopic (exact) mass is 280 g/mol. The maximum Gasteiger partial charge on any atom is 0.0826 e. The molecule has 0 spiro atoms. The van der Waals surface area contributed by atoms with E-state index < -0.39 is 0 Å². The highest BCUT2D eigenvalue weighted by atomic mass is 32.2. The van der Waals surface area contributed by atoms with Gasteiger partial charge in [0.15, 0.2) is 0 Å². The number of nitrogens with one attached hydrogen (secondary N) is 1. The van der Waals surface area contributed by atoms with Gasteiger partial charge >= 0.3 is 0 Å². The van der Waals surface area contributed by atoms with Crippen LogP contribution in [0.1, 0.15) is 5.56 Å². The lowest BCUT2D eigenvalue weighted by molar-refractivity contribution is -0.0240. The number of hydrogen-bond acceptors (Lipinski definition) is 4. The van der Waals surface area contributed by atoms with Gasteiger partial charge in [-0.2, -0.15) is 0 Å². The van der Waals surface area contributed by atoms with Gasteiger partial charge in [0.05, 0.1) is 12.7 Å². The fraction of sp³-hybridized carbons (Fsp3) is 0.600. The molecule has 0 bridgehead atoms. The molecule has 106 valence electrons. The second-order valence-electron chi connectivity index (χ2n) is 5.01. The molecule has 4 heteroatoms. The van der Waals surface area contributed by atoms with Crippen molar-refractivity contribution in [2.24, 2.45) is 0 Å². The summed E-state index contributed by atoms with van der Waals surface area (Å²) in [5, 5.41) is 3.19. The quantitative estimate of drug-likeness (QED) is 0.806. The molecule has 0 saturated carbocycles. The Labute approximate surface area is 120 Å². The van der Waals surface area contributed by atoms with Gasteiger partial charge in [0.25, 0.3) is 0 Å². The van der Waals surface area contributed by atoms with Crippen molar-refractivity contribution in [3.63, 3.8) is 0 Å². The van der Waals surface area contributed by atoms with E-state index in [-0.39, 0.29) is 0 Å². The number of aryl methyl sites for hydroxylation is 1. The van der Waals surface area contributed by atoms with E-state index in [2.05, 4.69) is 41.4 Å². The summed E-state index contributed by atoms with van der Waals surface area (Å²) in [6, 6.07) is 8.78. The molecule has 0 radical (unpaired) electrons. The van der Waals surface area contributed by atoms with Crippen LogP contribution in [-0.2, 0) is 4.74 Å². The van der Waals surface area contributed by atoms with Crippen LogP contribution in [0.25, 0.3) is 0 Å². The summed E-state index contributed by atoms with van der Waals surface area (Å²) in [6.45, 7) is 7.19. The molecule has 3 nitrogen and oxygen atoms in total. The maximum atomic E-state index is 5.72. The zero-order valence-corrected chi connectivity index (χ0v) is 12.7. The molecular formula is C15H24N2OS. The topological polar surface area (TPSA) is 24.5 Å². The maximum absolute atomic E-state index is 5.72. The van der Waals surface area contributed by atoms with Gasteiger partial charge in [-0.05, 0) is 26.1 Å². The van der Waals surface area contributed by atoms with E-state index >= 15 is 0 Å². The molecule has 19 heavy (non-hydrogen) atoms. The van der Waals surface area contributed by atoms with Crippen LogP contribution in [0, 0.1) is 6.92 Å². The molecule has 1 aromatic rings. The summed E-state index contributed by atoms with van der Waals surface area (Å²) in [4.78, 5) is 3.87. The number of likely N-dealkylation sites (N-methyl/N-ethyl adjacent to an activating group) is 1. The number of thioether (sulfide) groups is 1. The molecule has 0 aromatic heterocycles. The fourth-order valence-electron chi connectivity index (χ4n) is 2.26. The molecular weight excluding hydrogens is 256 g/mol. The number of rotatable bonds is 6. The summed E-state index contributed by atoms with van der Waals surface area (Å²) >= 11 is 1.94. The Bertz CT molecular complexity index is 367. The third-order valence-electron chi connectivity index (χ3n) is 3.35. The third kappa shape index (κ3) is 5.15. The number of morpholine rings is 1. The minimum Gasteiger partial charge on any atom is -0.374 e. The van der Waals surface area contributed by atoms with Crippen molar-refractivity contribution in [3.05, 3.63) is 29.8 Å². The lowest BCUT2D eigenvalue weighted by Gasteiger charge is -2.32. The van der Waals surface area contributed by atoms with E-state index in [4.69, 9.17) is 4.74 Å². The van der Waals surface area contributed by atoms with Gasteiger partial charge in [-0.25, -0.2) is 0 Å². The second kappa shape index (κ2) is 7.90. The van der Waals surface area contributed by atoms with Gasteiger partial charge in [0, 0.05) is 36.8 Å². The molecule has 1 fully saturated rings. The number of hydrogen-bond donors (Lipinski definition) is 1. The van der Waals surface area contributed by atoms with Gasteiger partial charge < -0.3 is 10.1 Å². The highest BCUT2D eigenvalue weighted by molar-refractivity contribution is 7.99. The number of ether oxygens (including phenoxy) is 1. The Morgan fingerprint density at radius 3 is 2.89 bits per heavy atom. The minimum atomic E-state index is 0.350. The van der Waals surface area contributed by atoms with Crippen molar-refractivity contribution < 1.29 is 4.74 Å². The first-order chi connectivity index (χ1) is 9.28. The zero-order valence-electron chi connectivity index (χ0n) is 11.9. The predicted octanol–water partition coefficient (Wildman–Crippen LogP) is 2.01. The molecule has 2 rings (SSSR count). The Morgan fingerprint density at radius 1 is 1.37 bits per heavy atom. The van der Waals surface area contributed by atoms with Crippen LogP contribution in [0.2, 0.25) is 0 Å². The molecule has 1 atom stereocenters. The average Bonchev–Trinajstić information content (AvgIpc) is 2.42. The van der Waals surface area contributed by atoms with Crippen LogP contribution in [0.4, 0.5) is 0 Å². The van der Waals surface area contributed by atoms with Crippen LogP contribution >= 0.6 is 11.8 Å². The standard InChI is InChI=1S/C15H24N2OS/c1-13-3-5-15(6-4-13)19-10-8-17-7-9-18-14(12-17)11-16-2/h3-6,14,16H,7-12H2,1-2H3. The fourth-order valence-corrected chi connectivity index (χ4v) is 3.18. The van der Waals surface area contributed by atoms with E-state index in [9.17, 15) is 0 Å². The van der Waals surface area contributed by atoms with Gasteiger partial charge in [-0.15, -0.1) is 11.8 Å². The zero-order chi connectivity index (χ0) is 13.5. The highest BCUT2D eigenvalue weighted by Crippen LogP contribution is 2.18. The van der Waals surface area contributed by atoms with E-state index in [1.165, 1.54) is 10.5 Å². The minimum absolute atomic E-state index is 0.350. The van der Waals surface area contributed by atoms with E-state index in [0.29, 0.717) is 6.10 Å². The number of nitrogens with zero attached hydrogens (tertiary/aromatic N) is 1. The van der Waals surface area contributed by atoms with Crippen molar-refractivity contribution in [3.8, 4) is 0 Å². The van der Waals surface area contributed by atoms with Crippen molar-refractivity contribution in [2.75, 3.05) is 45.6 Å². The summed E-state index contributed by atoms with van der Waals surface area (Å²) in [6.07, 6.45) is 0.350. The summed E-state index contributed by atoms with van der Waals surface area (Å²) in [7, 11) is 1.98. The first-order valence-corrected chi connectivity index (χ1v) is 7.94. The van der Waals surface area contributed by atoms with Crippen molar-refractivity contribution in [1.82, 2.24) is 10.2 Å². The van der Waals surface area contributed by atoms with Crippen LogP contribution in [0.15, 0.2) is 29.2 Å². The van der Waals surface area contributed by atoms with Crippen molar-refractivity contribution in [2.45, 2.75) is 17.9 Å². The van der Waals surface area contributed by atoms with Gasteiger partial charge in [-0.1, -0.05) is 17.7 Å². The van der Waals surface area contributed by atoms with Gasteiger partial charge in [0.1, 0.15) is 0 Å². The van der Waals surface area contributed by atoms with Crippen LogP contribution in [0.3, 0.4) is 0 Å². The van der Waals surface area contributed by atoms with E-state index in [1.54, 1.807) is 0 Å². The molecule has 1 aliphatic rings. The first-order valence-electron chi connectivity index (χ1n) is 6.96. The smallest absolute Gasteiger partial charge is 0.0826 e. The van der Waals surface area contributed by atoms with Gasteiger partial charge in [0.2, 0.25) is 0 Å². The van der Waals surface area contributed by atoms with Crippen LogP contribution in [0.5, 0.6) is 0 Å². The Morgan fingerprint density at radius 2 is 2.16 bits per heavy atom. The summed E-state index contributed by atoms with van der Waals surface area (Å²) in [5.74, 6) is 1.15. The average molecular weight is 280 g/mol. The summed E-state index contributed by atoms with van der Waals surface area (Å²) in [5.41, 5.74) is 1.33. The van der Waals surface area contributed by atoms with Crippen LogP contribution < -0.4 is 5.32 Å². The Hall–Kier alpha value is -0.550. The largest absolute Gasteiger partial charge is 0.374 e. The Kier molecular flexibility index (Phi) is 6.17. The molecule has 1 heterocycles. The molecule has 0 amide bonds. The lowest BCUT2D eigenvalue weighted by Crippen LogP contribution is -2.46. The van der Waals surface area contributed by atoms with E-state index in [0.717, 1.165) is 38.5 Å². The SMILES string of the molecule is CNCC1CN(CCSc2ccc(C)cc2)CCO1. The summed E-state index contributed by atoms with van der Waals surface area (Å²) < 4.78 is 5.72. The van der Waals surface area contributed by atoms with Crippen molar-refractivity contribution >= 4 is 11.8 Å². The molecule has 1 saturated heterocycles. The molecule has 0 aliphatic carbocycles. The normalized spacial score (nSPS) is 20.6. The molecule has 1 aliphatic heterocycles. The predicted molar refractivity (Wildman–Crippen MR) is 82.0 cm³/mol. The van der Waals surface area contributed by atoms with Crippen LogP contribution in [-0.4, -0.2) is 56.6 Å².